The maximum Gasteiger partial charge on any atom is 0.267 e. The number of carbonyl (C=O) groups is 1. The summed E-state index contributed by atoms with van der Waals surface area (Å²) in [4.78, 5) is 17.5. The number of oxime groups is 1. The highest BCUT2D eigenvalue weighted by Gasteiger charge is 2.41. The van der Waals surface area contributed by atoms with Crippen molar-refractivity contribution in [1.82, 2.24) is 5.32 Å². The Morgan fingerprint density at radius 2 is 2.19 bits per heavy atom. The van der Waals surface area contributed by atoms with Crippen LogP contribution >= 0.6 is 0 Å². The zero-order valence-electron chi connectivity index (χ0n) is 12.2. The summed E-state index contributed by atoms with van der Waals surface area (Å²) in [6.07, 6.45) is 1.10. The molecular weight excluding hydrogens is 275 g/mol. The van der Waals surface area contributed by atoms with Gasteiger partial charge in [0.25, 0.3) is 5.91 Å². The molecule has 2 rings (SSSR count). The van der Waals surface area contributed by atoms with Crippen LogP contribution in [0.1, 0.15) is 25.3 Å². The molecule has 1 aliphatic rings. The molecule has 0 fully saturated rings. The van der Waals surface area contributed by atoms with Crippen molar-refractivity contribution < 1.29 is 18.8 Å². The van der Waals surface area contributed by atoms with Gasteiger partial charge in [0.2, 0.25) is 5.60 Å². The maximum atomic E-state index is 12.9. The first kappa shape index (κ1) is 15.4. The molecule has 1 heterocycles. The van der Waals surface area contributed by atoms with Gasteiger partial charge in [-0.2, -0.15) is 0 Å². The number of amides is 1. The first-order valence-corrected chi connectivity index (χ1v) is 6.83. The minimum absolute atomic E-state index is 0.209. The monoisotopic (exact) mass is 294 g/mol. The summed E-state index contributed by atoms with van der Waals surface area (Å²) in [5, 5.41) is 6.77. The molecule has 0 saturated carbocycles. The van der Waals surface area contributed by atoms with Crippen LogP contribution in [0.3, 0.4) is 0 Å². The molecule has 0 unspecified atom stereocenters. The van der Waals surface area contributed by atoms with Crippen LogP contribution in [0.15, 0.2) is 29.4 Å². The van der Waals surface area contributed by atoms with Gasteiger partial charge in [-0.25, -0.2) is 4.39 Å². The van der Waals surface area contributed by atoms with Gasteiger partial charge in [-0.05, 0) is 31.0 Å². The Hall–Kier alpha value is -1.95. The van der Waals surface area contributed by atoms with E-state index in [1.165, 1.54) is 12.1 Å². The highest BCUT2D eigenvalue weighted by atomic mass is 19.1. The molecule has 5 nitrogen and oxygen atoms in total. The number of nitrogens with zero attached hydrogens (tertiary/aromatic N) is 1. The quantitative estimate of drug-likeness (QED) is 0.815. The van der Waals surface area contributed by atoms with E-state index in [0.29, 0.717) is 25.3 Å². The van der Waals surface area contributed by atoms with Crippen molar-refractivity contribution >= 4 is 11.6 Å². The minimum atomic E-state index is -1.02. The lowest BCUT2D eigenvalue weighted by Gasteiger charge is -2.20. The van der Waals surface area contributed by atoms with E-state index < -0.39 is 5.60 Å². The van der Waals surface area contributed by atoms with Crippen molar-refractivity contribution in [2.24, 2.45) is 5.16 Å². The molecule has 0 bridgehead atoms. The van der Waals surface area contributed by atoms with Crippen molar-refractivity contribution in [3.63, 3.8) is 0 Å². The topological polar surface area (TPSA) is 59.9 Å². The van der Waals surface area contributed by atoms with Crippen LogP contribution in [-0.2, 0) is 14.4 Å². The van der Waals surface area contributed by atoms with Crippen molar-refractivity contribution in [2.45, 2.75) is 25.4 Å². The largest absolute Gasteiger partial charge is 0.385 e. The molecule has 0 aliphatic carbocycles. The lowest BCUT2D eigenvalue weighted by Crippen LogP contribution is -2.45. The van der Waals surface area contributed by atoms with Crippen molar-refractivity contribution in [3.8, 4) is 0 Å². The number of methoxy groups -OCH3 is 1. The fourth-order valence-electron chi connectivity index (χ4n) is 2.06. The summed E-state index contributed by atoms with van der Waals surface area (Å²) in [6, 6.07) is 5.97. The van der Waals surface area contributed by atoms with E-state index in [1.807, 2.05) is 0 Å². The second-order valence-electron chi connectivity index (χ2n) is 5.15. The minimum Gasteiger partial charge on any atom is -0.385 e. The van der Waals surface area contributed by atoms with Gasteiger partial charge in [-0.3, -0.25) is 4.79 Å². The summed E-state index contributed by atoms with van der Waals surface area (Å²) < 4.78 is 17.8. The Kier molecular flexibility index (Phi) is 4.90. The second-order valence-corrected chi connectivity index (χ2v) is 5.15. The SMILES string of the molecule is COCCCNC(=O)[C@]1(C)CC(c2ccc(F)cc2)=NO1. The number of benzene rings is 1. The Morgan fingerprint density at radius 1 is 1.48 bits per heavy atom. The molecule has 1 aromatic carbocycles. The number of nitrogens with one attached hydrogen (secondary N) is 1. The lowest BCUT2D eigenvalue weighted by molar-refractivity contribution is -0.141. The van der Waals surface area contributed by atoms with E-state index >= 15 is 0 Å². The average Bonchev–Trinajstić information content (AvgIpc) is 2.88. The highest BCUT2D eigenvalue weighted by Crippen LogP contribution is 2.26. The zero-order valence-corrected chi connectivity index (χ0v) is 12.2. The lowest BCUT2D eigenvalue weighted by atomic mass is 9.95. The van der Waals surface area contributed by atoms with Gasteiger partial charge in [-0.15, -0.1) is 0 Å². The van der Waals surface area contributed by atoms with E-state index in [0.717, 1.165) is 12.0 Å². The first-order valence-electron chi connectivity index (χ1n) is 6.83. The standard InChI is InChI=1S/C15H19FN2O3/c1-15(14(19)17-8-3-9-20-2)10-13(18-21-15)11-4-6-12(16)7-5-11/h4-7H,3,8-10H2,1-2H3,(H,17,19)/t15-/m0/s1. The summed E-state index contributed by atoms with van der Waals surface area (Å²) in [6.45, 7) is 2.81. The van der Waals surface area contributed by atoms with Crippen LogP contribution in [0.4, 0.5) is 4.39 Å². The summed E-state index contributed by atoms with van der Waals surface area (Å²) >= 11 is 0. The maximum absolute atomic E-state index is 12.9. The molecule has 1 amide bonds. The van der Waals surface area contributed by atoms with Crippen molar-refractivity contribution in [3.05, 3.63) is 35.6 Å². The summed E-state index contributed by atoms with van der Waals surface area (Å²) in [5.74, 6) is -0.517. The van der Waals surface area contributed by atoms with Crippen LogP contribution in [-0.4, -0.2) is 37.5 Å². The first-order chi connectivity index (χ1) is 10.0. The van der Waals surface area contributed by atoms with Gasteiger partial charge < -0.3 is 14.9 Å². The molecule has 1 atom stereocenters. The molecule has 0 saturated heterocycles. The normalized spacial score (nSPS) is 20.8. The molecule has 114 valence electrons. The van der Waals surface area contributed by atoms with E-state index in [4.69, 9.17) is 9.57 Å². The van der Waals surface area contributed by atoms with Crippen LogP contribution in [0.5, 0.6) is 0 Å². The van der Waals surface area contributed by atoms with E-state index in [9.17, 15) is 9.18 Å². The fourth-order valence-corrected chi connectivity index (χ4v) is 2.06. The van der Waals surface area contributed by atoms with Crippen LogP contribution < -0.4 is 5.32 Å². The third-order valence-electron chi connectivity index (χ3n) is 3.33. The Balaban J connectivity index is 1.92. The van der Waals surface area contributed by atoms with Gasteiger partial charge in [0.15, 0.2) is 0 Å². The van der Waals surface area contributed by atoms with Crippen molar-refractivity contribution in [2.75, 3.05) is 20.3 Å². The molecule has 0 radical (unpaired) electrons. The molecule has 6 heteroatoms. The predicted molar refractivity (Wildman–Crippen MR) is 76.5 cm³/mol. The molecule has 1 aliphatic heterocycles. The zero-order chi connectivity index (χ0) is 15.3. The van der Waals surface area contributed by atoms with Gasteiger partial charge in [0.05, 0.1) is 5.71 Å². The smallest absolute Gasteiger partial charge is 0.267 e. The number of halogens is 1. The molecular formula is C15H19FN2O3. The van der Waals surface area contributed by atoms with E-state index in [1.54, 1.807) is 26.2 Å². The predicted octanol–water partition coefficient (Wildman–Crippen LogP) is 1.86. The third-order valence-corrected chi connectivity index (χ3v) is 3.33. The highest BCUT2D eigenvalue weighted by molar-refractivity contribution is 6.05. The van der Waals surface area contributed by atoms with E-state index in [2.05, 4.69) is 10.5 Å². The van der Waals surface area contributed by atoms with Gasteiger partial charge in [0, 0.05) is 26.7 Å². The molecule has 1 aromatic rings. The molecule has 1 N–H and O–H groups in total. The number of ether oxygens (including phenoxy) is 1. The Labute approximate surface area is 123 Å². The number of rotatable bonds is 6. The fraction of sp³-hybridized carbons (Fsp3) is 0.467. The number of hydrogen-bond donors (Lipinski definition) is 1. The van der Waals surface area contributed by atoms with Gasteiger partial charge in [0.1, 0.15) is 5.82 Å². The molecule has 21 heavy (non-hydrogen) atoms. The Bertz CT molecular complexity index is 530. The van der Waals surface area contributed by atoms with Crippen molar-refractivity contribution in [1.29, 1.82) is 0 Å². The molecule has 0 aromatic heterocycles. The number of hydrogen-bond acceptors (Lipinski definition) is 4. The van der Waals surface area contributed by atoms with Crippen LogP contribution in [0, 0.1) is 5.82 Å². The average molecular weight is 294 g/mol. The van der Waals surface area contributed by atoms with E-state index in [-0.39, 0.29) is 11.7 Å². The summed E-state index contributed by atoms with van der Waals surface area (Å²) in [5.41, 5.74) is 0.383. The van der Waals surface area contributed by atoms with Gasteiger partial charge in [-0.1, -0.05) is 17.3 Å². The van der Waals surface area contributed by atoms with Crippen LogP contribution in [0.25, 0.3) is 0 Å². The van der Waals surface area contributed by atoms with Gasteiger partial charge >= 0.3 is 0 Å². The Morgan fingerprint density at radius 3 is 2.86 bits per heavy atom. The second kappa shape index (κ2) is 6.67. The summed E-state index contributed by atoms with van der Waals surface area (Å²) in [7, 11) is 1.62. The molecule has 0 spiro atoms. The third kappa shape index (κ3) is 3.78. The number of carbonyl (C=O) groups excluding carboxylic acids is 1. The van der Waals surface area contributed by atoms with Crippen LogP contribution in [0.2, 0.25) is 0 Å².